The van der Waals surface area contributed by atoms with Crippen molar-refractivity contribution in [1.82, 2.24) is 4.90 Å². The highest BCUT2D eigenvalue weighted by Gasteiger charge is 2.17. The summed E-state index contributed by atoms with van der Waals surface area (Å²) in [5, 5.41) is 12.0. The maximum atomic E-state index is 12.1. The van der Waals surface area contributed by atoms with Crippen molar-refractivity contribution in [3.05, 3.63) is 28.8 Å². The Morgan fingerprint density at radius 3 is 2.52 bits per heavy atom. The molecule has 5 nitrogen and oxygen atoms in total. The molecule has 1 aromatic rings. The van der Waals surface area contributed by atoms with Crippen LogP contribution in [-0.4, -0.2) is 41.5 Å². The van der Waals surface area contributed by atoms with Gasteiger partial charge in [-0.15, -0.1) is 0 Å². The highest BCUT2D eigenvalue weighted by molar-refractivity contribution is 6.01. The van der Waals surface area contributed by atoms with Crippen molar-refractivity contribution < 1.29 is 14.7 Å². The number of hydrogen-bond acceptors (Lipinski definition) is 3. The van der Waals surface area contributed by atoms with E-state index in [-0.39, 0.29) is 11.5 Å². The first-order valence-electron chi connectivity index (χ1n) is 7.34. The number of amides is 1. The molecule has 1 fully saturated rings. The molecule has 21 heavy (non-hydrogen) atoms. The third kappa shape index (κ3) is 4.04. The minimum atomic E-state index is -1.02. The lowest BCUT2D eigenvalue weighted by Gasteiger charge is -2.16. The summed E-state index contributed by atoms with van der Waals surface area (Å²) in [6, 6.07) is 3.47. The molecular formula is C16H22N2O3. The summed E-state index contributed by atoms with van der Waals surface area (Å²) in [5.74, 6) is -1.15. The van der Waals surface area contributed by atoms with Crippen LogP contribution in [0.25, 0.3) is 0 Å². The van der Waals surface area contributed by atoms with Crippen LogP contribution in [0.15, 0.2) is 12.1 Å². The normalized spacial score (nSPS) is 15.1. The van der Waals surface area contributed by atoms with Crippen molar-refractivity contribution >= 4 is 17.6 Å². The molecule has 0 aromatic heterocycles. The van der Waals surface area contributed by atoms with Crippen LogP contribution in [0.4, 0.5) is 5.69 Å². The van der Waals surface area contributed by atoms with Gasteiger partial charge in [-0.05, 0) is 57.0 Å². The van der Waals surface area contributed by atoms with Crippen molar-refractivity contribution in [1.29, 1.82) is 0 Å². The first-order chi connectivity index (χ1) is 9.97. The minimum absolute atomic E-state index is 0.128. The molecule has 0 spiro atoms. The number of aryl methyl sites for hydroxylation is 2. The predicted molar refractivity (Wildman–Crippen MR) is 81.8 cm³/mol. The van der Waals surface area contributed by atoms with Crippen LogP contribution in [0.1, 0.15) is 40.7 Å². The number of aromatic carboxylic acids is 1. The van der Waals surface area contributed by atoms with E-state index in [1.807, 2.05) is 19.9 Å². The zero-order chi connectivity index (χ0) is 15.4. The number of likely N-dealkylation sites (tertiary alicyclic amines) is 1. The number of carboxylic acids is 1. The maximum absolute atomic E-state index is 12.1. The van der Waals surface area contributed by atoms with E-state index in [0.29, 0.717) is 12.1 Å². The van der Waals surface area contributed by atoms with Gasteiger partial charge in [0.2, 0.25) is 5.91 Å². The topological polar surface area (TPSA) is 69.6 Å². The summed E-state index contributed by atoms with van der Waals surface area (Å²) in [5.41, 5.74) is 2.23. The van der Waals surface area contributed by atoms with Gasteiger partial charge < -0.3 is 15.3 Å². The van der Waals surface area contributed by atoms with E-state index in [1.165, 1.54) is 12.8 Å². The molecular weight excluding hydrogens is 268 g/mol. The lowest BCUT2D eigenvalue weighted by molar-refractivity contribution is -0.116. The average molecular weight is 290 g/mol. The van der Waals surface area contributed by atoms with E-state index in [9.17, 15) is 14.7 Å². The van der Waals surface area contributed by atoms with Crippen LogP contribution >= 0.6 is 0 Å². The Labute approximate surface area is 125 Å². The lowest BCUT2D eigenvalue weighted by atomic mass is 10.0. The maximum Gasteiger partial charge on any atom is 0.337 e. The third-order valence-electron chi connectivity index (χ3n) is 3.83. The molecule has 1 aromatic carbocycles. The molecule has 0 aliphatic carbocycles. The van der Waals surface area contributed by atoms with Gasteiger partial charge in [0, 0.05) is 13.0 Å². The fourth-order valence-corrected chi connectivity index (χ4v) is 2.77. The van der Waals surface area contributed by atoms with Crippen molar-refractivity contribution in [2.75, 3.05) is 25.0 Å². The van der Waals surface area contributed by atoms with Gasteiger partial charge in [0.15, 0.2) is 0 Å². The quantitative estimate of drug-likeness (QED) is 0.874. The SMILES string of the molecule is Cc1cc(C)c(NC(=O)CCN2CCCC2)c(C(=O)O)c1. The summed E-state index contributed by atoms with van der Waals surface area (Å²) in [6.45, 7) is 6.50. The van der Waals surface area contributed by atoms with E-state index in [1.54, 1.807) is 6.07 Å². The van der Waals surface area contributed by atoms with Crippen molar-refractivity contribution in [2.24, 2.45) is 0 Å². The first kappa shape index (κ1) is 15.5. The molecule has 1 aliphatic heterocycles. The molecule has 1 aliphatic rings. The van der Waals surface area contributed by atoms with Gasteiger partial charge in [0.1, 0.15) is 0 Å². The second kappa shape index (κ2) is 6.72. The molecule has 2 N–H and O–H groups in total. The molecule has 0 saturated carbocycles. The largest absolute Gasteiger partial charge is 0.478 e. The van der Waals surface area contributed by atoms with E-state index in [2.05, 4.69) is 10.2 Å². The standard InChI is InChI=1S/C16H22N2O3/c1-11-9-12(2)15(13(10-11)16(20)21)17-14(19)5-8-18-6-3-4-7-18/h9-10H,3-8H2,1-2H3,(H,17,19)(H,20,21). The number of carbonyl (C=O) groups is 2. The highest BCUT2D eigenvalue weighted by atomic mass is 16.4. The smallest absolute Gasteiger partial charge is 0.337 e. The molecule has 114 valence electrons. The molecule has 0 radical (unpaired) electrons. The third-order valence-corrected chi connectivity index (χ3v) is 3.83. The summed E-state index contributed by atoms with van der Waals surface area (Å²) in [7, 11) is 0. The number of nitrogens with zero attached hydrogens (tertiary/aromatic N) is 1. The molecule has 1 heterocycles. The van der Waals surface area contributed by atoms with Crippen molar-refractivity contribution in [3.8, 4) is 0 Å². The Morgan fingerprint density at radius 2 is 1.90 bits per heavy atom. The van der Waals surface area contributed by atoms with Crippen LogP contribution < -0.4 is 5.32 Å². The number of rotatable bonds is 5. The van der Waals surface area contributed by atoms with Crippen LogP contribution in [0.5, 0.6) is 0 Å². The monoisotopic (exact) mass is 290 g/mol. The molecule has 0 unspecified atom stereocenters. The zero-order valence-electron chi connectivity index (χ0n) is 12.6. The van der Waals surface area contributed by atoms with Gasteiger partial charge in [0.05, 0.1) is 11.3 Å². The van der Waals surface area contributed by atoms with E-state index < -0.39 is 5.97 Å². The summed E-state index contributed by atoms with van der Waals surface area (Å²) in [6.07, 6.45) is 2.79. The van der Waals surface area contributed by atoms with E-state index >= 15 is 0 Å². The van der Waals surface area contributed by atoms with Gasteiger partial charge >= 0.3 is 5.97 Å². The van der Waals surface area contributed by atoms with Gasteiger partial charge in [-0.2, -0.15) is 0 Å². The summed E-state index contributed by atoms with van der Waals surface area (Å²) < 4.78 is 0. The predicted octanol–water partition coefficient (Wildman–Crippen LogP) is 2.43. The molecule has 0 atom stereocenters. The summed E-state index contributed by atoms with van der Waals surface area (Å²) >= 11 is 0. The lowest BCUT2D eigenvalue weighted by Crippen LogP contribution is -2.25. The van der Waals surface area contributed by atoms with Gasteiger partial charge in [-0.25, -0.2) is 4.79 Å². The molecule has 0 bridgehead atoms. The number of benzene rings is 1. The van der Waals surface area contributed by atoms with Gasteiger partial charge in [0.25, 0.3) is 0 Å². The number of carboxylic acid groups (broad SMARTS) is 1. The Hall–Kier alpha value is -1.88. The Morgan fingerprint density at radius 1 is 1.24 bits per heavy atom. The van der Waals surface area contributed by atoms with Crippen LogP contribution in [0.2, 0.25) is 0 Å². The second-order valence-corrected chi connectivity index (χ2v) is 5.66. The Balaban J connectivity index is 2.04. The molecule has 2 rings (SSSR count). The Bertz CT molecular complexity index is 549. The highest BCUT2D eigenvalue weighted by Crippen LogP contribution is 2.23. The Kier molecular flexibility index (Phi) is 4.96. The van der Waals surface area contributed by atoms with Crippen LogP contribution in [-0.2, 0) is 4.79 Å². The molecule has 1 saturated heterocycles. The minimum Gasteiger partial charge on any atom is -0.478 e. The number of hydrogen-bond donors (Lipinski definition) is 2. The van der Waals surface area contributed by atoms with Gasteiger partial charge in [-0.1, -0.05) is 6.07 Å². The van der Waals surface area contributed by atoms with E-state index in [4.69, 9.17) is 0 Å². The fourth-order valence-electron chi connectivity index (χ4n) is 2.77. The average Bonchev–Trinajstić information content (AvgIpc) is 2.92. The number of anilines is 1. The van der Waals surface area contributed by atoms with Crippen LogP contribution in [0, 0.1) is 13.8 Å². The van der Waals surface area contributed by atoms with Crippen molar-refractivity contribution in [2.45, 2.75) is 33.1 Å². The number of nitrogens with one attached hydrogen (secondary N) is 1. The fraction of sp³-hybridized carbons (Fsp3) is 0.500. The summed E-state index contributed by atoms with van der Waals surface area (Å²) in [4.78, 5) is 25.6. The molecule has 1 amide bonds. The van der Waals surface area contributed by atoms with Gasteiger partial charge in [-0.3, -0.25) is 4.79 Å². The zero-order valence-corrected chi connectivity index (χ0v) is 12.6. The van der Waals surface area contributed by atoms with E-state index in [0.717, 1.165) is 30.8 Å². The molecule has 5 heteroatoms. The number of carbonyl (C=O) groups excluding carboxylic acids is 1. The first-order valence-corrected chi connectivity index (χ1v) is 7.34. The van der Waals surface area contributed by atoms with Crippen molar-refractivity contribution in [3.63, 3.8) is 0 Å². The van der Waals surface area contributed by atoms with Crippen LogP contribution in [0.3, 0.4) is 0 Å². The second-order valence-electron chi connectivity index (χ2n) is 5.66.